The third kappa shape index (κ3) is 3.49. The molecule has 0 radical (unpaired) electrons. The number of ether oxygens (including phenoxy) is 1. The number of fused-ring (bicyclic) bond motifs is 1. The molecule has 6 nitrogen and oxygen atoms in total. The van der Waals surface area contributed by atoms with Crippen molar-refractivity contribution in [3.8, 4) is 5.75 Å². The summed E-state index contributed by atoms with van der Waals surface area (Å²) in [4.78, 5) is 31.7. The van der Waals surface area contributed by atoms with Crippen LogP contribution in [-0.4, -0.2) is 28.9 Å². The molecule has 0 bridgehead atoms. The number of hydrogen-bond donors (Lipinski definition) is 1. The smallest absolute Gasteiger partial charge is 0.282 e. The first-order valence-electron chi connectivity index (χ1n) is 8.90. The lowest BCUT2D eigenvalue weighted by Gasteiger charge is -2.38. The van der Waals surface area contributed by atoms with Gasteiger partial charge in [-0.1, -0.05) is 19.4 Å². The van der Waals surface area contributed by atoms with Crippen LogP contribution in [-0.2, 0) is 9.59 Å². The van der Waals surface area contributed by atoms with Gasteiger partial charge in [-0.25, -0.2) is 9.37 Å². The van der Waals surface area contributed by atoms with Crippen molar-refractivity contribution in [1.82, 2.24) is 4.98 Å². The van der Waals surface area contributed by atoms with Gasteiger partial charge in [0.15, 0.2) is 11.6 Å². The normalized spacial score (nSPS) is 18.7. The van der Waals surface area contributed by atoms with E-state index in [-0.39, 0.29) is 5.69 Å². The zero-order valence-corrected chi connectivity index (χ0v) is 15.6. The van der Waals surface area contributed by atoms with Crippen LogP contribution in [0.15, 0.2) is 36.5 Å². The highest BCUT2D eigenvalue weighted by molar-refractivity contribution is 6.19. The fourth-order valence-corrected chi connectivity index (χ4v) is 2.91. The molecule has 2 heterocycles. The maximum atomic E-state index is 14.1. The summed E-state index contributed by atoms with van der Waals surface area (Å²) in [6.07, 6.45) is 3.20. The molecular weight excluding hydrogens is 349 g/mol. The van der Waals surface area contributed by atoms with Crippen LogP contribution in [0, 0.1) is 12.7 Å². The van der Waals surface area contributed by atoms with Crippen molar-refractivity contribution in [2.45, 2.75) is 39.2 Å². The molecule has 0 unspecified atom stereocenters. The van der Waals surface area contributed by atoms with Crippen LogP contribution in [0.2, 0.25) is 0 Å². The Labute approximate surface area is 157 Å². The molecule has 0 fully saturated rings. The SMILES string of the molecule is CCCCN1C(=O)[C@](C)(C(=O)Nc2ccc(C)cc2F)Oc2cccnc21. The van der Waals surface area contributed by atoms with Crippen LogP contribution < -0.4 is 15.0 Å². The van der Waals surface area contributed by atoms with E-state index in [1.54, 1.807) is 31.3 Å². The summed E-state index contributed by atoms with van der Waals surface area (Å²) in [6, 6.07) is 7.78. The molecule has 0 spiro atoms. The molecule has 7 heteroatoms. The third-order valence-electron chi connectivity index (χ3n) is 4.52. The number of carbonyl (C=O) groups excluding carboxylic acids is 2. The van der Waals surface area contributed by atoms with E-state index in [1.807, 2.05) is 6.92 Å². The molecule has 27 heavy (non-hydrogen) atoms. The van der Waals surface area contributed by atoms with Crippen molar-refractivity contribution in [2.24, 2.45) is 0 Å². The highest BCUT2D eigenvalue weighted by atomic mass is 19.1. The van der Waals surface area contributed by atoms with Gasteiger partial charge in [-0.05, 0) is 50.1 Å². The summed E-state index contributed by atoms with van der Waals surface area (Å²) in [5, 5.41) is 2.48. The maximum absolute atomic E-state index is 14.1. The van der Waals surface area contributed by atoms with Gasteiger partial charge < -0.3 is 10.1 Å². The molecular formula is C20H22FN3O3. The maximum Gasteiger partial charge on any atom is 0.282 e. The number of nitrogens with one attached hydrogen (secondary N) is 1. The molecule has 0 saturated heterocycles. The number of aryl methyl sites for hydroxylation is 1. The molecule has 1 aliphatic rings. The second-order valence-electron chi connectivity index (χ2n) is 6.71. The Morgan fingerprint density at radius 3 is 2.85 bits per heavy atom. The van der Waals surface area contributed by atoms with Gasteiger partial charge in [0.2, 0.25) is 0 Å². The Balaban J connectivity index is 1.93. The fourth-order valence-electron chi connectivity index (χ4n) is 2.91. The molecule has 1 N–H and O–H groups in total. The van der Waals surface area contributed by atoms with Gasteiger partial charge in [-0.15, -0.1) is 0 Å². The second-order valence-corrected chi connectivity index (χ2v) is 6.71. The first-order chi connectivity index (χ1) is 12.9. The lowest BCUT2D eigenvalue weighted by Crippen LogP contribution is -2.61. The number of benzene rings is 1. The molecule has 0 aliphatic carbocycles. The molecule has 1 atom stereocenters. The van der Waals surface area contributed by atoms with Gasteiger partial charge >= 0.3 is 0 Å². The lowest BCUT2D eigenvalue weighted by molar-refractivity contribution is -0.145. The monoisotopic (exact) mass is 371 g/mol. The summed E-state index contributed by atoms with van der Waals surface area (Å²) >= 11 is 0. The Morgan fingerprint density at radius 2 is 2.15 bits per heavy atom. The van der Waals surface area contributed by atoms with Crippen LogP contribution in [0.1, 0.15) is 32.3 Å². The van der Waals surface area contributed by atoms with E-state index < -0.39 is 23.2 Å². The minimum absolute atomic E-state index is 0.000293. The fraction of sp³-hybridized carbons (Fsp3) is 0.350. The zero-order valence-electron chi connectivity index (χ0n) is 15.6. The van der Waals surface area contributed by atoms with Crippen molar-refractivity contribution in [3.63, 3.8) is 0 Å². The first-order valence-corrected chi connectivity index (χ1v) is 8.90. The topological polar surface area (TPSA) is 71.5 Å². The number of anilines is 2. The summed E-state index contributed by atoms with van der Waals surface area (Å²) in [5.41, 5.74) is -1.09. The van der Waals surface area contributed by atoms with Crippen LogP contribution in [0.25, 0.3) is 0 Å². The van der Waals surface area contributed by atoms with Crippen molar-refractivity contribution >= 4 is 23.3 Å². The molecule has 2 amide bonds. The third-order valence-corrected chi connectivity index (χ3v) is 4.52. The number of aromatic nitrogens is 1. The second kappa shape index (κ2) is 7.34. The number of halogens is 1. The van der Waals surface area contributed by atoms with Gasteiger partial charge in [0.25, 0.3) is 17.4 Å². The summed E-state index contributed by atoms with van der Waals surface area (Å²) in [5.74, 6) is -1.09. The average molecular weight is 371 g/mol. The van der Waals surface area contributed by atoms with Crippen LogP contribution in [0.5, 0.6) is 5.75 Å². The van der Waals surface area contributed by atoms with E-state index in [0.29, 0.717) is 18.1 Å². The molecule has 1 aliphatic heterocycles. The van der Waals surface area contributed by atoms with E-state index in [4.69, 9.17) is 4.74 Å². The Hall–Kier alpha value is -2.96. The van der Waals surface area contributed by atoms with Gasteiger partial charge in [-0.2, -0.15) is 0 Å². The summed E-state index contributed by atoms with van der Waals surface area (Å²) in [7, 11) is 0. The minimum Gasteiger partial charge on any atom is -0.464 e. The molecule has 1 aromatic carbocycles. The summed E-state index contributed by atoms with van der Waals surface area (Å²) in [6.45, 7) is 5.58. The number of unbranched alkanes of at least 4 members (excludes halogenated alkanes) is 1. The number of hydrogen-bond acceptors (Lipinski definition) is 4. The highest BCUT2D eigenvalue weighted by Crippen LogP contribution is 2.36. The van der Waals surface area contributed by atoms with E-state index in [1.165, 1.54) is 24.0 Å². The van der Waals surface area contributed by atoms with Crippen molar-refractivity contribution in [2.75, 3.05) is 16.8 Å². The van der Waals surface area contributed by atoms with Crippen molar-refractivity contribution in [3.05, 3.63) is 47.9 Å². The number of amides is 2. The minimum atomic E-state index is -1.82. The Bertz CT molecular complexity index is 887. The highest BCUT2D eigenvalue weighted by Gasteiger charge is 2.51. The van der Waals surface area contributed by atoms with Crippen LogP contribution >= 0.6 is 0 Å². The van der Waals surface area contributed by atoms with E-state index in [2.05, 4.69) is 10.3 Å². The number of rotatable bonds is 5. The number of pyridine rings is 1. The van der Waals surface area contributed by atoms with E-state index >= 15 is 0 Å². The number of nitrogens with zero attached hydrogens (tertiary/aromatic N) is 2. The standard InChI is InChI=1S/C20H22FN3O3/c1-4-5-11-24-17-16(7-6-10-22-17)27-20(3,19(24)26)18(25)23-15-9-8-13(2)12-14(15)21/h6-10,12H,4-5,11H2,1-3H3,(H,23,25)/t20-/m0/s1. The molecule has 0 saturated carbocycles. The Morgan fingerprint density at radius 1 is 1.37 bits per heavy atom. The van der Waals surface area contributed by atoms with E-state index in [0.717, 1.165) is 18.4 Å². The van der Waals surface area contributed by atoms with Gasteiger partial charge in [0.05, 0.1) is 5.69 Å². The Kier molecular flexibility index (Phi) is 5.12. The number of carbonyl (C=O) groups is 2. The first kappa shape index (κ1) is 18.8. The zero-order chi connectivity index (χ0) is 19.6. The van der Waals surface area contributed by atoms with Gasteiger partial charge in [-0.3, -0.25) is 14.5 Å². The van der Waals surface area contributed by atoms with Gasteiger partial charge in [0.1, 0.15) is 5.82 Å². The molecule has 1 aromatic heterocycles. The quantitative estimate of drug-likeness (QED) is 0.817. The largest absolute Gasteiger partial charge is 0.464 e. The van der Waals surface area contributed by atoms with Crippen molar-refractivity contribution in [1.29, 1.82) is 0 Å². The molecule has 142 valence electrons. The van der Waals surface area contributed by atoms with Crippen LogP contribution in [0.4, 0.5) is 15.9 Å². The van der Waals surface area contributed by atoms with Gasteiger partial charge in [0, 0.05) is 12.7 Å². The summed E-state index contributed by atoms with van der Waals surface area (Å²) < 4.78 is 19.9. The predicted molar refractivity (Wildman–Crippen MR) is 100 cm³/mol. The lowest BCUT2D eigenvalue weighted by atomic mass is 10.0. The van der Waals surface area contributed by atoms with Crippen LogP contribution in [0.3, 0.4) is 0 Å². The molecule has 2 aromatic rings. The average Bonchev–Trinajstić information content (AvgIpc) is 2.64. The van der Waals surface area contributed by atoms with Crippen molar-refractivity contribution < 1.29 is 18.7 Å². The predicted octanol–water partition coefficient (Wildman–Crippen LogP) is 3.45. The molecule has 3 rings (SSSR count). The van der Waals surface area contributed by atoms with E-state index in [9.17, 15) is 14.0 Å².